The first-order chi connectivity index (χ1) is 17.9. The summed E-state index contributed by atoms with van der Waals surface area (Å²) in [4.78, 5) is 31.6. The maximum Gasteiger partial charge on any atom is 0.360 e. The van der Waals surface area contributed by atoms with Gasteiger partial charge in [0.15, 0.2) is 5.69 Å². The second-order valence-corrected chi connectivity index (χ2v) is 9.33. The van der Waals surface area contributed by atoms with Crippen molar-refractivity contribution < 1.29 is 23.1 Å². The van der Waals surface area contributed by atoms with Crippen LogP contribution in [-0.2, 0) is 16.1 Å². The number of rotatable bonds is 6. The predicted octanol–water partition coefficient (Wildman–Crippen LogP) is 2.51. The van der Waals surface area contributed by atoms with Crippen LogP contribution in [0.5, 0.6) is 0 Å². The first kappa shape index (κ1) is 24.8. The van der Waals surface area contributed by atoms with E-state index in [-0.39, 0.29) is 29.3 Å². The summed E-state index contributed by atoms with van der Waals surface area (Å²) in [7, 11) is 1.28. The molecule has 3 aromatic rings. The third-order valence-corrected chi connectivity index (χ3v) is 7.03. The number of nitrogens with zero attached hydrogens (tertiary/aromatic N) is 6. The van der Waals surface area contributed by atoms with Crippen LogP contribution in [0, 0.1) is 11.6 Å². The average molecular weight is 511 g/mol. The number of hydrogen-bond donors (Lipinski definition) is 0. The van der Waals surface area contributed by atoms with Crippen molar-refractivity contribution in [3.8, 4) is 0 Å². The molecule has 5 rings (SSSR count). The van der Waals surface area contributed by atoms with Gasteiger partial charge in [-0.15, -0.1) is 5.10 Å². The number of amides is 1. The van der Waals surface area contributed by atoms with Gasteiger partial charge < -0.3 is 14.5 Å². The number of aromatic nitrogens is 3. The summed E-state index contributed by atoms with van der Waals surface area (Å²) in [5.41, 5.74) is 1.94. The van der Waals surface area contributed by atoms with Crippen LogP contribution in [0.3, 0.4) is 0 Å². The van der Waals surface area contributed by atoms with Gasteiger partial charge in [0.2, 0.25) is 5.91 Å². The molecule has 2 aliphatic rings. The lowest BCUT2D eigenvalue weighted by Crippen LogP contribution is -2.53. The standard InChI is InChI=1S/C26H28F2N6O3/c1-37-26(36)23-17-34(30-29-23)22-14-24(33(16-22)15-18-2-4-19(27)5-3-18)25(35)32-12-10-31(11-13-32)21-8-6-20(28)7-9-21/h2-9,17,22,24H,10-16H2,1H3/t22-,24-/m0/s1. The summed E-state index contributed by atoms with van der Waals surface area (Å²) < 4.78 is 33.1. The largest absolute Gasteiger partial charge is 0.464 e. The fraction of sp³-hybridized carbons (Fsp3) is 0.385. The van der Waals surface area contributed by atoms with Gasteiger partial charge in [0, 0.05) is 45.0 Å². The van der Waals surface area contributed by atoms with E-state index in [9.17, 15) is 18.4 Å². The molecule has 9 nitrogen and oxygen atoms in total. The summed E-state index contributed by atoms with van der Waals surface area (Å²) in [5, 5.41) is 8.01. The van der Waals surface area contributed by atoms with Gasteiger partial charge in [-0.05, 0) is 48.4 Å². The number of anilines is 1. The van der Waals surface area contributed by atoms with Crippen LogP contribution in [0.15, 0.2) is 54.7 Å². The third-order valence-electron chi connectivity index (χ3n) is 7.03. The number of carbonyl (C=O) groups is 2. The topological polar surface area (TPSA) is 83.8 Å². The van der Waals surface area contributed by atoms with Crippen LogP contribution in [0.25, 0.3) is 0 Å². The van der Waals surface area contributed by atoms with E-state index in [2.05, 4.69) is 20.1 Å². The maximum absolute atomic E-state index is 13.7. The highest BCUT2D eigenvalue weighted by molar-refractivity contribution is 5.86. The summed E-state index contributed by atoms with van der Waals surface area (Å²) in [6.07, 6.45) is 2.04. The molecule has 11 heteroatoms. The minimum atomic E-state index is -0.570. The van der Waals surface area contributed by atoms with Gasteiger partial charge in [-0.2, -0.15) is 0 Å². The van der Waals surface area contributed by atoms with Crippen LogP contribution >= 0.6 is 0 Å². The zero-order valence-electron chi connectivity index (χ0n) is 20.5. The molecule has 2 saturated heterocycles. The molecule has 3 heterocycles. The van der Waals surface area contributed by atoms with E-state index in [1.807, 2.05) is 4.90 Å². The molecule has 194 valence electrons. The van der Waals surface area contributed by atoms with Crippen molar-refractivity contribution >= 4 is 17.6 Å². The van der Waals surface area contributed by atoms with Crippen LogP contribution in [0.4, 0.5) is 14.5 Å². The first-order valence-electron chi connectivity index (χ1n) is 12.2. The third kappa shape index (κ3) is 5.46. The van der Waals surface area contributed by atoms with E-state index < -0.39 is 12.0 Å². The zero-order valence-corrected chi connectivity index (χ0v) is 20.5. The summed E-state index contributed by atoms with van der Waals surface area (Å²) >= 11 is 0. The molecule has 0 N–H and O–H groups in total. The Morgan fingerprint density at radius 3 is 2.27 bits per heavy atom. The Hall–Kier alpha value is -3.86. The Kier molecular flexibility index (Phi) is 7.13. The SMILES string of the molecule is COC(=O)c1cn([C@H]2C[C@@H](C(=O)N3CCN(c4ccc(F)cc4)CC3)N(Cc3ccc(F)cc3)C2)nn1. The maximum atomic E-state index is 13.7. The highest BCUT2D eigenvalue weighted by Gasteiger charge is 2.40. The molecular weight excluding hydrogens is 482 g/mol. The summed E-state index contributed by atoms with van der Waals surface area (Å²) in [6, 6.07) is 12.1. The van der Waals surface area contributed by atoms with E-state index in [0.717, 1.165) is 11.3 Å². The fourth-order valence-corrected chi connectivity index (χ4v) is 5.03. The molecule has 2 atom stereocenters. The molecule has 0 radical (unpaired) electrons. The molecule has 0 saturated carbocycles. The number of ether oxygens (including phenoxy) is 1. The lowest BCUT2D eigenvalue weighted by molar-refractivity contribution is -0.136. The van der Waals surface area contributed by atoms with Crippen LogP contribution in [0.1, 0.15) is 28.5 Å². The predicted molar refractivity (Wildman–Crippen MR) is 131 cm³/mol. The lowest BCUT2D eigenvalue weighted by Gasteiger charge is -2.38. The van der Waals surface area contributed by atoms with E-state index >= 15 is 0 Å². The van der Waals surface area contributed by atoms with E-state index in [1.54, 1.807) is 35.1 Å². The summed E-state index contributed by atoms with van der Waals surface area (Å²) in [5.74, 6) is -1.14. The molecular formula is C26H28F2N6O3. The number of esters is 1. The van der Waals surface area contributed by atoms with Crippen molar-refractivity contribution in [2.24, 2.45) is 0 Å². The van der Waals surface area contributed by atoms with Crippen molar-refractivity contribution in [1.82, 2.24) is 24.8 Å². The average Bonchev–Trinajstić information content (AvgIpc) is 3.57. The van der Waals surface area contributed by atoms with Crippen molar-refractivity contribution in [2.75, 3.05) is 44.7 Å². The molecule has 0 spiro atoms. The molecule has 1 amide bonds. The number of methoxy groups -OCH3 is 1. The van der Waals surface area contributed by atoms with Gasteiger partial charge in [-0.3, -0.25) is 9.69 Å². The quantitative estimate of drug-likeness (QED) is 0.471. The van der Waals surface area contributed by atoms with Gasteiger partial charge >= 0.3 is 5.97 Å². The molecule has 1 aromatic heterocycles. The van der Waals surface area contributed by atoms with Gasteiger partial charge in [0.05, 0.1) is 25.4 Å². The van der Waals surface area contributed by atoms with Gasteiger partial charge in [0.1, 0.15) is 11.6 Å². The Balaban J connectivity index is 1.30. The van der Waals surface area contributed by atoms with Crippen molar-refractivity contribution in [2.45, 2.75) is 25.0 Å². The molecule has 0 aliphatic carbocycles. The molecule has 37 heavy (non-hydrogen) atoms. The number of piperazine rings is 1. The van der Waals surface area contributed by atoms with E-state index in [4.69, 9.17) is 4.74 Å². The van der Waals surface area contributed by atoms with Crippen LogP contribution in [-0.4, -0.2) is 82.5 Å². The van der Waals surface area contributed by atoms with E-state index in [0.29, 0.717) is 45.7 Å². The molecule has 0 bridgehead atoms. The van der Waals surface area contributed by atoms with Gasteiger partial charge in [-0.25, -0.2) is 18.3 Å². The smallest absolute Gasteiger partial charge is 0.360 e. The monoisotopic (exact) mass is 510 g/mol. The van der Waals surface area contributed by atoms with Crippen molar-refractivity contribution in [3.63, 3.8) is 0 Å². The first-order valence-corrected chi connectivity index (χ1v) is 12.2. The number of halogens is 2. The molecule has 2 aromatic carbocycles. The number of carbonyl (C=O) groups excluding carboxylic acids is 2. The number of hydrogen-bond acceptors (Lipinski definition) is 7. The second-order valence-electron chi connectivity index (χ2n) is 9.33. The van der Waals surface area contributed by atoms with Crippen molar-refractivity contribution in [3.05, 3.63) is 77.6 Å². The normalized spacial score (nSPS) is 20.3. The Bertz CT molecular complexity index is 1240. The van der Waals surface area contributed by atoms with Crippen LogP contribution in [0.2, 0.25) is 0 Å². The van der Waals surface area contributed by atoms with Gasteiger partial charge in [-0.1, -0.05) is 17.3 Å². The van der Waals surface area contributed by atoms with Crippen LogP contribution < -0.4 is 4.90 Å². The highest BCUT2D eigenvalue weighted by Crippen LogP contribution is 2.30. The fourth-order valence-electron chi connectivity index (χ4n) is 5.03. The number of benzene rings is 2. The number of likely N-dealkylation sites (tertiary alicyclic amines) is 1. The lowest BCUT2D eigenvalue weighted by atomic mass is 10.1. The minimum Gasteiger partial charge on any atom is -0.464 e. The minimum absolute atomic E-state index is 0.0247. The molecule has 2 aliphatic heterocycles. The van der Waals surface area contributed by atoms with Crippen molar-refractivity contribution in [1.29, 1.82) is 0 Å². The van der Waals surface area contributed by atoms with Gasteiger partial charge in [0.25, 0.3) is 0 Å². The summed E-state index contributed by atoms with van der Waals surface area (Å²) in [6.45, 7) is 3.40. The Morgan fingerprint density at radius 1 is 0.973 bits per heavy atom. The molecule has 2 fully saturated rings. The Labute approximate surface area is 213 Å². The highest BCUT2D eigenvalue weighted by atomic mass is 19.1. The second kappa shape index (κ2) is 10.6. The molecule has 0 unspecified atom stereocenters. The Morgan fingerprint density at radius 2 is 1.62 bits per heavy atom. The van der Waals surface area contributed by atoms with E-state index in [1.165, 1.54) is 31.4 Å². The zero-order chi connectivity index (χ0) is 25.9.